The summed E-state index contributed by atoms with van der Waals surface area (Å²) in [4.78, 5) is 12.1. The van der Waals surface area contributed by atoms with Gasteiger partial charge in [-0.25, -0.2) is 4.79 Å². The Balaban J connectivity index is 2.63. The van der Waals surface area contributed by atoms with E-state index < -0.39 is 5.97 Å². The van der Waals surface area contributed by atoms with Crippen LogP contribution in [0, 0.1) is 0 Å². The van der Waals surface area contributed by atoms with E-state index in [9.17, 15) is 4.79 Å². The molecule has 5 heteroatoms. The first-order chi connectivity index (χ1) is 8.13. The van der Waals surface area contributed by atoms with E-state index in [1.54, 1.807) is 22.5 Å². The minimum absolute atomic E-state index is 0.163. The van der Waals surface area contributed by atoms with Crippen molar-refractivity contribution < 1.29 is 9.90 Å². The molecule has 17 heavy (non-hydrogen) atoms. The summed E-state index contributed by atoms with van der Waals surface area (Å²) in [5.41, 5.74) is 0.987. The summed E-state index contributed by atoms with van der Waals surface area (Å²) >= 11 is 7.43. The third kappa shape index (κ3) is 2.33. The lowest BCUT2D eigenvalue weighted by Gasteiger charge is -2.10. The van der Waals surface area contributed by atoms with Crippen LogP contribution in [0.2, 0.25) is 5.02 Å². The monoisotopic (exact) mass is 267 g/mol. The van der Waals surface area contributed by atoms with Gasteiger partial charge in [-0.3, -0.25) is 0 Å². The van der Waals surface area contributed by atoms with Gasteiger partial charge in [-0.1, -0.05) is 23.7 Å². The van der Waals surface area contributed by atoms with Crippen LogP contribution in [0.4, 0.5) is 0 Å². The molecule has 0 bridgehead atoms. The number of para-hydroxylation sites is 1. The van der Waals surface area contributed by atoms with Crippen molar-refractivity contribution in [2.75, 3.05) is 6.26 Å². The van der Waals surface area contributed by atoms with Crippen molar-refractivity contribution in [3.8, 4) is 5.69 Å². The lowest BCUT2D eigenvalue weighted by atomic mass is 10.3. The highest BCUT2D eigenvalue weighted by Crippen LogP contribution is 2.27. The molecule has 0 saturated heterocycles. The van der Waals surface area contributed by atoms with E-state index >= 15 is 0 Å². The summed E-state index contributed by atoms with van der Waals surface area (Å²) in [6, 6.07) is 9.05. The molecule has 88 valence electrons. The van der Waals surface area contributed by atoms with E-state index in [4.69, 9.17) is 16.7 Å². The number of nitrogens with zero attached hydrogens (tertiary/aromatic N) is 1. The van der Waals surface area contributed by atoms with Gasteiger partial charge >= 0.3 is 5.97 Å². The van der Waals surface area contributed by atoms with Crippen molar-refractivity contribution in [1.82, 2.24) is 4.57 Å². The van der Waals surface area contributed by atoms with Gasteiger partial charge in [-0.05, 0) is 24.5 Å². The van der Waals surface area contributed by atoms with E-state index in [-0.39, 0.29) is 5.69 Å². The molecule has 0 aliphatic heterocycles. The average Bonchev–Trinajstić information content (AvgIpc) is 2.71. The summed E-state index contributed by atoms with van der Waals surface area (Å²) in [6.45, 7) is 0. The van der Waals surface area contributed by atoms with Gasteiger partial charge in [-0.2, -0.15) is 0 Å². The second-order valence-electron chi connectivity index (χ2n) is 3.39. The molecule has 0 amide bonds. The number of hydrogen-bond donors (Lipinski definition) is 1. The van der Waals surface area contributed by atoms with Crippen LogP contribution < -0.4 is 0 Å². The van der Waals surface area contributed by atoms with Crippen LogP contribution in [0.1, 0.15) is 10.5 Å². The molecule has 1 aromatic heterocycles. The second kappa shape index (κ2) is 4.85. The molecule has 0 spiro atoms. The van der Waals surface area contributed by atoms with Gasteiger partial charge in [0.1, 0.15) is 5.69 Å². The predicted molar refractivity (Wildman–Crippen MR) is 69.5 cm³/mol. The van der Waals surface area contributed by atoms with Crippen LogP contribution >= 0.6 is 23.4 Å². The lowest BCUT2D eigenvalue weighted by Crippen LogP contribution is -2.06. The van der Waals surface area contributed by atoms with Gasteiger partial charge in [0.15, 0.2) is 0 Å². The number of aromatic carboxylic acids is 1. The number of aromatic nitrogens is 1. The van der Waals surface area contributed by atoms with Crippen molar-refractivity contribution >= 4 is 29.3 Å². The second-order valence-corrected chi connectivity index (χ2v) is 4.68. The highest BCUT2D eigenvalue weighted by Gasteiger charge is 2.14. The van der Waals surface area contributed by atoms with Crippen molar-refractivity contribution in [2.45, 2.75) is 4.90 Å². The highest BCUT2D eigenvalue weighted by molar-refractivity contribution is 7.98. The Morgan fingerprint density at radius 2 is 2.12 bits per heavy atom. The summed E-state index contributed by atoms with van der Waals surface area (Å²) < 4.78 is 1.59. The quantitative estimate of drug-likeness (QED) is 0.865. The van der Waals surface area contributed by atoms with E-state index in [1.807, 2.05) is 30.5 Å². The summed E-state index contributed by atoms with van der Waals surface area (Å²) in [6.07, 6.45) is 3.56. The molecule has 0 atom stereocenters. The van der Waals surface area contributed by atoms with E-state index in [1.165, 1.54) is 6.07 Å². The van der Waals surface area contributed by atoms with Crippen molar-refractivity contribution in [2.24, 2.45) is 0 Å². The van der Waals surface area contributed by atoms with Gasteiger partial charge in [0, 0.05) is 11.1 Å². The minimum Gasteiger partial charge on any atom is -0.477 e. The molecule has 0 aliphatic carbocycles. The lowest BCUT2D eigenvalue weighted by molar-refractivity contribution is 0.0688. The Hall–Kier alpha value is -1.39. The zero-order valence-electron chi connectivity index (χ0n) is 9.05. The third-order valence-corrected chi connectivity index (χ3v) is 3.34. The molecule has 1 N–H and O–H groups in total. The Labute approximate surface area is 108 Å². The van der Waals surface area contributed by atoms with Crippen LogP contribution in [0.25, 0.3) is 5.69 Å². The van der Waals surface area contributed by atoms with E-state index in [0.29, 0.717) is 5.02 Å². The summed E-state index contributed by atoms with van der Waals surface area (Å²) in [5, 5.41) is 9.53. The molecule has 0 fully saturated rings. The van der Waals surface area contributed by atoms with Crippen LogP contribution in [0.15, 0.2) is 41.4 Å². The number of thioether (sulfide) groups is 1. The predicted octanol–water partition coefficient (Wildman–Crippen LogP) is 3.55. The number of rotatable bonds is 3. The molecular formula is C12H10ClNO2S. The summed E-state index contributed by atoms with van der Waals surface area (Å²) in [5.74, 6) is -0.993. The van der Waals surface area contributed by atoms with Crippen LogP contribution in [-0.4, -0.2) is 21.9 Å². The average molecular weight is 268 g/mol. The number of carboxylic acid groups (broad SMARTS) is 1. The molecule has 2 aromatic rings. The molecule has 3 nitrogen and oxygen atoms in total. The van der Waals surface area contributed by atoms with Crippen LogP contribution in [-0.2, 0) is 0 Å². The van der Waals surface area contributed by atoms with Gasteiger partial charge in [0.05, 0.1) is 10.7 Å². The van der Waals surface area contributed by atoms with Crippen molar-refractivity contribution in [3.63, 3.8) is 0 Å². The zero-order chi connectivity index (χ0) is 12.4. The highest BCUT2D eigenvalue weighted by atomic mass is 35.5. The number of halogens is 1. The van der Waals surface area contributed by atoms with Gasteiger partial charge < -0.3 is 9.67 Å². The fourth-order valence-electron chi connectivity index (χ4n) is 1.62. The molecule has 0 aliphatic rings. The van der Waals surface area contributed by atoms with E-state index in [2.05, 4.69) is 0 Å². The van der Waals surface area contributed by atoms with Crippen LogP contribution in [0.3, 0.4) is 0 Å². The maximum absolute atomic E-state index is 11.1. The molecule has 0 radical (unpaired) electrons. The number of carboxylic acids is 1. The number of carbonyl (C=O) groups is 1. The Morgan fingerprint density at radius 3 is 2.76 bits per heavy atom. The molecular weight excluding hydrogens is 258 g/mol. The summed E-state index contributed by atoms with van der Waals surface area (Å²) in [7, 11) is 0. The first-order valence-corrected chi connectivity index (χ1v) is 6.48. The normalized spacial score (nSPS) is 10.5. The van der Waals surface area contributed by atoms with Crippen molar-refractivity contribution in [3.05, 3.63) is 47.2 Å². The minimum atomic E-state index is -0.993. The maximum Gasteiger partial charge on any atom is 0.352 e. The van der Waals surface area contributed by atoms with Gasteiger partial charge in [-0.15, -0.1) is 11.8 Å². The fourth-order valence-corrected chi connectivity index (χ4v) is 2.41. The Morgan fingerprint density at radius 1 is 1.41 bits per heavy atom. The fraction of sp³-hybridized carbons (Fsp3) is 0.0833. The molecule has 1 aromatic carbocycles. The third-order valence-electron chi connectivity index (χ3n) is 2.35. The molecule has 2 rings (SSSR count). The standard InChI is InChI=1S/C12H10ClNO2S/c1-17-11-5-3-2-4-9(11)14-7-8(13)6-10(14)12(15)16/h2-7H,1H3,(H,15,16). The van der Waals surface area contributed by atoms with Crippen molar-refractivity contribution in [1.29, 1.82) is 0 Å². The number of benzene rings is 1. The Bertz CT molecular complexity index is 565. The van der Waals surface area contributed by atoms with Gasteiger partial charge in [0.2, 0.25) is 0 Å². The molecule has 1 heterocycles. The topological polar surface area (TPSA) is 42.2 Å². The first kappa shape index (κ1) is 12.1. The SMILES string of the molecule is CSc1ccccc1-n1cc(Cl)cc1C(=O)O. The largest absolute Gasteiger partial charge is 0.477 e. The van der Waals surface area contributed by atoms with Crippen LogP contribution in [0.5, 0.6) is 0 Å². The molecule has 0 saturated carbocycles. The smallest absolute Gasteiger partial charge is 0.352 e. The first-order valence-electron chi connectivity index (χ1n) is 4.88. The van der Waals surface area contributed by atoms with E-state index in [0.717, 1.165) is 10.6 Å². The molecule has 0 unspecified atom stereocenters. The Kier molecular flexibility index (Phi) is 3.45. The zero-order valence-corrected chi connectivity index (χ0v) is 10.6. The number of hydrogen-bond acceptors (Lipinski definition) is 2. The van der Waals surface area contributed by atoms with Gasteiger partial charge in [0.25, 0.3) is 0 Å². The maximum atomic E-state index is 11.1.